The molecule has 0 aliphatic carbocycles. The Morgan fingerprint density at radius 2 is 2.06 bits per heavy atom. The molecule has 1 aromatic carbocycles. The number of carbonyl (C=O) groups excluding carboxylic acids is 1. The Morgan fingerprint density at radius 3 is 2.75 bits per heavy atom. The highest BCUT2D eigenvalue weighted by Crippen LogP contribution is 2.25. The fourth-order valence-electron chi connectivity index (χ4n) is 1.78. The van der Waals surface area contributed by atoms with E-state index in [1.807, 2.05) is 27.0 Å². The zero-order valence-electron chi connectivity index (χ0n) is 9.69. The third-order valence-electron chi connectivity index (χ3n) is 2.74. The van der Waals surface area contributed by atoms with E-state index in [2.05, 4.69) is 17.1 Å². The minimum Gasteiger partial charge on any atom is -0.331 e. The molecule has 0 unspecified atom stereocenters. The molecule has 0 saturated carbocycles. The van der Waals surface area contributed by atoms with Crippen LogP contribution in [0.1, 0.15) is 21.6 Å². The van der Waals surface area contributed by atoms with E-state index in [-0.39, 0.29) is 0 Å². The number of aryl methyl sites for hydroxylation is 3. The van der Waals surface area contributed by atoms with Crippen LogP contribution in [-0.4, -0.2) is 15.8 Å². The highest BCUT2D eigenvalue weighted by Gasteiger charge is 2.12. The van der Waals surface area contributed by atoms with Crippen molar-refractivity contribution in [2.24, 2.45) is 7.05 Å². The summed E-state index contributed by atoms with van der Waals surface area (Å²) in [7, 11) is 1.82. The van der Waals surface area contributed by atoms with E-state index in [1.165, 1.54) is 5.56 Å². The van der Waals surface area contributed by atoms with Gasteiger partial charge in [-0.15, -0.1) is 0 Å². The van der Waals surface area contributed by atoms with Gasteiger partial charge in [0.05, 0.1) is 12.0 Å². The number of rotatable bonds is 2. The molecule has 0 spiro atoms. The van der Waals surface area contributed by atoms with E-state index < -0.39 is 0 Å². The van der Waals surface area contributed by atoms with Gasteiger partial charge < -0.3 is 4.57 Å². The van der Waals surface area contributed by atoms with Gasteiger partial charge in [0.1, 0.15) is 5.69 Å². The molecule has 0 saturated heterocycles. The maximum Gasteiger partial charge on any atom is 0.168 e. The van der Waals surface area contributed by atoms with Crippen LogP contribution in [0.5, 0.6) is 0 Å². The van der Waals surface area contributed by atoms with Crippen molar-refractivity contribution in [1.29, 1.82) is 0 Å². The molecule has 1 heterocycles. The standard InChI is InChI=1S/C13H14N2O/c1-9-4-5-10(2)11(6-9)13-12(7-16)15(3)8-14-13/h4-8H,1-3H3. The quantitative estimate of drug-likeness (QED) is 0.720. The third kappa shape index (κ3) is 1.65. The topological polar surface area (TPSA) is 34.9 Å². The Balaban J connectivity index is 2.66. The summed E-state index contributed by atoms with van der Waals surface area (Å²) in [5.74, 6) is 0. The largest absolute Gasteiger partial charge is 0.331 e. The molecule has 0 atom stereocenters. The minimum atomic E-state index is 0.619. The van der Waals surface area contributed by atoms with Crippen molar-refractivity contribution in [3.05, 3.63) is 41.3 Å². The van der Waals surface area contributed by atoms with Crippen LogP contribution in [-0.2, 0) is 7.05 Å². The van der Waals surface area contributed by atoms with Gasteiger partial charge in [0, 0.05) is 12.6 Å². The van der Waals surface area contributed by atoms with Gasteiger partial charge in [-0.05, 0) is 25.5 Å². The lowest BCUT2D eigenvalue weighted by molar-refractivity contribution is 0.111. The van der Waals surface area contributed by atoms with Gasteiger partial charge in [0.25, 0.3) is 0 Å². The van der Waals surface area contributed by atoms with Crippen LogP contribution in [0, 0.1) is 13.8 Å². The Kier molecular flexibility index (Phi) is 2.60. The molecule has 3 heteroatoms. The van der Waals surface area contributed by atoms with E-state index in [0.717, 1.165) is 23.1 Å². The summed E-state index contributed by atoms with van der Waals surface area (Å²) in [5.41, 5.74) is 4.71. The monoisotopic (exact) mass is 214 g/mol. The number of hydrogen-bond donors (Lipinski definition) is 0. The first-order chi connectivity index (χ1) is 7.63. The van der Waals surface area contributed by atoms with Crippen LogP contribution in [0.3, 0.4) is 0 Å². The molecule has 3 nitrogen and oxygen atoms in total. The van der Waals surface area contributed by atoms with Crippen molar-refractivity contribution in [2.75, 3.05) is 0 Å². The summed E-state index contributed by atoms with van der Waals surface area (Å²) >= 11 is 0. The highest BCUT2D eigenvalue weighted by molar-refractivity contribution is 5.84. The molecule has 2 rings (SSSR count). The summed E-state index contributed by atoms with van der Waals surface area (Å²) < 4.78 is 1.74. The molecule has 0 bridgehead atoms. The number of aldehydes is 1. The fraction of sp³-hybridized carbons (Fsp3) is 0.231. The lowest BCUT2D eigenvalue weighted by Crippen LogP contribution is -1.95. The smallest absolute Gasteiger partial charge is 0.168 e. The molecule has 16 heavy (non-hydrogen) atoms. The fourth-order valence-corrected chi connectivity index (χ4v) is 1.78. The molecule has 0 aliphatic heterocycles. The first kappa shape index (κ1) is 10.6. The Bertz CT molecular complexity index is 541. The average Bonchev–Trinajstić information content (AvgIpc) is 2.63. The maximum atomic E-state index is 11.0. The van der Waals surface area contributed by atoms with E-state index in [9.17, 15) is 4.79 Å². The summed E-state index contributed by atoms with van der Waals surface area (Å²) in [4.78, 5) is 15.3. The molecule has 2 aromatic rings. The van der Waals surface area contributed by atoms with E-state index in [0.29, 0.717) is 5.69 Å². The number of aromatic nitrogens is 2. The first-order valence-electron chi connectivity index (χ1n) is 5.17. The van der Waals surface area contributed by atoms with Gasteiger partial charge >= 0.3 is 0 Å². The third-order valence-corrected chi connectivity index (χ3v) is 2.74. The Hall–Kier alpha value is -1.90. The highest BCUT2D eigenvalue weighted by atomic mass is 16.1. The average molecular weight is 214 g/mol. The Morgan fingerprint density at radius 1 is 1.31 bits per heavy atom. The van der Waals surface area contributed by atoms with Crippen molar-refractivity contribution < 1.29 is 4.79 Å². The molecule has 0 aliphatic rings. The van der Waals surface area contributed by atoms with Gasteiger partial charge in [-0.25, -0.2) is 4.98 Å². The zero-order valence-corrected chi connectivity index (χ0v) is 9.69. The number of hydrogen-bond acceptors (Lipinski definition) is 2. The van der Waals surface area contributed by atoms with Crippen LogP contribution in [0.4, 0.5) is 0 Å². The van der Waals surface area contributed by atoms with Crippen molar-refractivity contribution >= 4 is 6.29 Å². The van der Waals surface area contributed by atoms with Gasteiger partial charge in [0.15, 0.2) is 6.29 Å². The minimum absolute atomic E-state index is 0.619. The van der Waals surface area contributed by atoms with Crippen LogP contribution < -0.4 is 0 Å². The van der Waals surface area contributed by atoms with E-state index in [1.54, 1.807) is 10.9 Å². The van der Waals surface area contributed by atoms with Crippen LogP contribution >= 0.6 is 0 Å². The number of benzene rings is 1. The SMILES string of the molecule is Cc1ccc(C)c(-c2ncn(C)c2C=O)c1. The Labute approximate surface area is 94.7 Å². The molecule has 1 aromatic heterocycles. The zero-order chi connectivity index (χ0) is 11.7. The predicted octanol–water partition coefficient (Wildman–Crippen LogP) is 2.52. The van der Waals surface area contributed by atoms with Gasteiger partial charge in [-0.1, -0.05) is 17.7 Å². The molecule has 0 N–H and O–H groups in total. The molecular formula is C13H14N2O. The van der Waals surface area contributed by atoms with Crippen molar-refractivity contribution in [3.8, 4) is 11.3 Å². The van der Waals surface area contributed by atoms with Crippen molar-refractivity contribution in [3.63, 3.8) is 0 Å². The van der Waals surface area contributed by atoms with Crippen LogP contribution in [0.15, 0.2) is 24.5 Å². The van der Waals surface area contributed by atoms with E-state index in [4.69, 9.17) is 0 Å². The summed E-state index contributed by atoms with van der Waals surface area (Å²) in [6.07, 6.45) is 2.52. The van der Waals surface area contributed by atoms with Crippen LogP contribution in [0.2, 0.25) is 0 Å². The maximum absolute atomic E-state index is 11.0. The molecule has 0 radical (unpaired) electrons. The predicted molar refractivity (Wildman–Crippen MR) is 63.5 cm³/mol. The normalized spacial score (nSPS) is 10.4. The molecular weight excluding hydrogens is 200 g/mol. The van der Waals surface area contributed by atoms with Gasteiger partial charge in [-0.3, -0.25) is 4.79 Å². The van der Waals surface area contributed by atoms with Crippen LogP contribution in [0.25, 0.3) is 11.3 Å². The summed E-state index contributed by atoms with van der Waals surface area (Å²) in [6, 6.07) is 6.17. The molecule has 0 amide bonds. The summed E-state index contributed by atoms with van der Waals surface area (Å²) in [6.45, 7) is 4.06. The number of imidazole rings is 1. The van der Waals surface area contributed by atoms with Gasteiger partial charge in [-0.2, -0.15) is 0 Å². The molecule has 0 fully saturated rings. The first-order valence-corrected chi connectivity index (χ1v) is 5.17. The summed E-state index contributed by atoms with van der Waals surface area (Å²) in [5, 5.41) is 0. The van der Waals surface area contributed by atoms with E-state index >= 15 is 0 Å². The second-order valence-corrected chi connectivity index (χ2v) is 4.03. The number of carbonyl (C=O) groups is 1. The van der Waals surface area contributed by atoms with Crippen molar-refractivity contribution in [1.82, 2.24) is 9.55 Å². The molecule has 82 valence electrons. The second kappa shape index (κ2) is 3.93. The number of nitrogens with zero attached hydrogens (tertiary/aromatic N) is 2. The lowest BCUT2D eigenvalue weighted by atomic mass is 10.0. The van der Waals surface area contributed by atoms with Gasteiger partial charge in [0.2, 0.25) is 0 Å². The second-order valence-electron chi connectivity index (χ2n) is 4.03. The van der Waals surface area contributed by atoms with Crippen molar-refractivity contribution in [2.45, 2.75) is 13.8 Å². The lowest BCUT2D eigenvalue weighted by Gasteiger charge is -2.05.